The second-order valence-corrected chi connectivity index (χ2v) is 6.75. The maximum Gasteiger partial charge on any atom is 0.243 e. The van der Waals surface area contributed by atoms with Gasteiger partial charge in [-0.15, -0.1) is 0 Å². The lowest BCUT2D eigenvalue weighted by Gasteiger charge is -2.23. The number of sulfonamides is 1. The first kappa shape index (κ1) is 14.8. The Morgan fingerprint density at radius 1 is 1.24 bits per heavy atom. The lowest BCUT2D eigenvalue weighted by Crippen LogP contribution is -2.34. The van der Waals surface area contributed by atoms with Crippen molar-refractivity contribution in [3.63, 3.8) is 0 Å². The fraction of sp³-hybridized carbons (Fsp3) is 0.455. The van der Waals surface area contributed by atoms with Crippen molar-refractivity contribution in [1.29, 1.82) is 0 Å². The van der Waals surface area contributed by atoms with Crippen LogP contribution in [-0.2, 0) is 10.0 Å². The molecule has 0 aliphatic rings. The molecule has 1 rings (SSSR count). The third-order valence-corrected chi connectivity index (χ3v) is 5.11. The zero-order valence-electron chi connectivity index (χ0n) is 9.94. The van der Waals surface area contributed by atoms with Crippen molar-refractivity contribution in [1.82, 2.24) is 4.31 Å². The SMILES string of the molecule is CCC(C)N(C)S(=O)(=O)c1cc(Cl)cc(Cl)c1. The number of nitrogens with zero attached hydrogens (tertiary/aromatic N) is 1. The quantitative estimate of drug-likeness (QED) is 0.854. The van der Waals surface area contributed by atoms with Gasteiger partial charge in [0.25, 0.3) is 0 Å². The minimum absolute atomic E-state index is 0.0715. The minimum Gasteiger partial charge on any atom is -0.207 e. The second-order valence-electron chi connectivity index (χ2n) is 3.88. The first-order chi connectivity index (χ1) is 7.78. The van der Waals surface area contributed by atoms with Crippen molar-refractivity contribution in [3.05, 3.63) is 28.2 Å². The van der Waals surface area contributed by atoms with E-state index in [-0.39, 0.29) is 10.9 Å². The Morgan fingerprint density at radius 3 is 2.12 bits per heavy atom. The molecule has 0 fully saturated rings. The monoisotopic (exact) mass is 295 g/mol. The summed E-state index contributed by atoms with van der Waals surface area (Å²) >= 11 is 11.6. The van der Waals surface area contributed by atoms with E-state index in [1.807, 2.05) is 13.8 Å². The summed E-state index contributed by atoms with van der Waals surface area (Å²) < 4.78 is 25.8. The Morgan fingerprint density at radius 2 is 1.71 bits per heavy atom. The van der Waals surface area contributed by atoms with Gasteiger partial charge < -0.3 is 0 Å². The molecule has 0 amide bonds. The van der Waals surface area contributed by atoms with Gasteiger partial charge in [-0.1, -0.05) is 30.1 Å². The molecule has 1 aromatic rings. The highest BCUT2D eigenvalue weighted by Gasteiger charge is 2.24. The average molecular weight is 296 g/mol. The molecule has 0 saturated carbocycles. The molecule has 0 saturated heterocycles. The van der Waals surface area contributed by atoms with Crippen LogP contribution in [0.25, 0.3) is 0 Å². The fourth-order valence-corrected chi connectivity index (χ4v) is 3.50. The first-order valence-electron chi connectivity index (χ1n) is 5.23. The van der Waals surface area contributed by atoms with Gasteiger partial charge in [0.1, 0.15) is 0 Å². The van der Waals surface area contributed by atoms with Crippen LogP contribution in [-0.4, -0.2) is 25.8 Å². The molecule has 3 nitrogen and oxygen atoms in total. The van der Waals surface area contributed by atoms with Crippen molar-refractivity contribution >= 4 is 33.2 Å². The predicted octanol–water partition coefficient (Wildman–Crippen LogP) is 3.41. The molecule has 0 heterocycles. The van der Waals surface area contributed by atoms with Crippen LogP contribution in [0.5, 0.6) is 0 Å². The van der Waals surface area contributed by atoms with E-state index in [2.05, 4.69) is 0 Å². The number of hydrogen-bond donors (Lipinski definition) is 0. The molecule has 0 spiro atoms. The zero-order valence-corrected chi connectivity index (χ0v) is 12.3. The molecule has 1 unspecified atom stereocenters. The summed E-state index contributed by atoms with van der Waals surface area (Å²) in [6.07, 6.45) is 0.740. The van der Waals surface area contributed by atoms with E-state index in [0.717, 1.165) is 6.42 Å². The number of hydrogen-bond acceptors (Lipinski definition) is 2. The van der Waals surface area contributed by atoms with E-state index in [0.29, 0.717) is 10.0 Å². The van der Waals surface area contributed by atoms with Crippen LogP contribution in [0.1, 0.15) is 20.3 Å². The van der Waals surface area contributed by atoms with Gasteiger partial charge in [-0.05, 0) is 31.5 Å². The fourth-order valence-electron chi connectivity index (χ4n) is 1.34. The third-order valence-electron chi connectivity index (χ3n) is 2.72. The van der Waals surface area contributed by atoms with Gasteiger partial charge in [-0.2, -0.15) is 4.31 Å². The lowest BCUT2D eigenvalue weighted by atomic mass is 10.3. The van der Waals surface area contributed by atoms with E-state index in [1.165, 1.54) is 22.5 Å². The Labute approximate surface area is 112 Å². The van der Waals surface area contributed by atoms with Crippen LogP contribution in [0, 0.1) is 0 Å². The van der Waals surface area contributed by atoms with Crippen LogP contribution < -0.4 is 0 Å². The molecule has 0 bridgehead atoms. The van der Waals surface area contributed by atoms with Crippen LogP contribution in [0.3, 0.4) is 0 Å². The molecule has 1 aromatic carbocycles. The number of rotatable bonds is 4. The summed E-state index contributed by atoms with van der Waals surface area (Å²) in [6.45, 7) is 3.78. The lowest BCUT2D eigenvalue weighted by molar-refractivity contribution is 0.380. The number of benzene rings is 1. The maximum atomic E-state index is 12.2. The molecule has 96 valence electrons. The summed E-state index contributed by atoms with van der Waals surface area (Å²) in [6, 6.07) is 4.24. The standard InChI is InChI=1S/C11H15Cl2NO2S/c1-4-8(2)14(3)17(15,16)11-6-9(12)5-10(13)7-11/h5-8H,4H2,1-3H3. The Kier molecular flexibility index (Phi) is 4.84. The van der Waals surface area contributed by atoms with Crippen LogP contribution in [0.4, 0.5) is 0 Å². The summed E-state index contributed by atoms with van der Waals surface area (Å²) in [4.78, 5) is 0.123. The zero-order chi connectivity index (χ0) is 13.2. The molecular weight excluding hydrogens is 281 g/mol. The molecular formula is C11H15Cl2NO2S. The average Bonchev–Trinajstić information content (AvgIpc) is 2.25. The molecule has 0 aromatic heterocycles. The Hall–Kier alpha value is -0.290. The summed E-state index contributed by atoms with van der Waals surface area (Å²) in [7, 11) is -1.98. The van der Waals surface area contributed by atoms with E-state index >= 15 is 0 Å². The predicted molar refractivity (Wildman–Crippen MR) is 71.2 cm³/mol. The first-order valence-corrected chi connectivity index (χ1v) is 7.42. The van der Waals surface area contributed by atoms with E-state index in [9.17, 15) is 8.42 Å². The van der Waals surface area contributed by atoms with Gasteiger partial charge in [0.15, 0.2) is 0 Å². The van der Waals surface area contributed by atoms with Gasteiger partial charge >= 0.3 is 0 Å². The largest absolute Gasteiger partial charge is 0.243 e. The normalized spacial score (nSPS) is 14.0. The smallest absolute Gasteiger partial charge is 0.207 e. The summed E-state index contributed by atoms with van der Waals surface area (Å²) in [5.41, 5.74) is 0. The highest BCUT2D eigenvalue weighted by molar-refractivity contribution is 7.89. The van der Waals surface area contributed by atoms with Crippen LogP contribution in [0.15, 0.2) is 23.1 Å². The number of halogens is 2. The topological polar surface area (TPSA) is 37.4 Å². The van der Waals surface area contributed by atoms with Crippen molar-refractivity contribution in [2.75, 3.05) is 7.05 Å². The molecule has 0 radical (unpaired) electrons. The van der Waals surface area contributed by atoms with E-state index < -0.39 is 10.0 Å². The molecule has 17 heavy (non-hydrogen) atoms. The third kappa shape index (κ3) is 3.35. The molecule has 0 aliphatic heterocycles. The van der Waals surface area contributed by atoms with Gasteiger partial charge in [0.2, 0.25) is 10.0 Å². The highest BCUT2D eigenvalue weighted by atomic mass is 35.5. The van der Waals surface area contributed by atoms with Crippen molar-refractivity contribution in [3.8, 4) is 0 Å². The van der Waals surface area contributed by atoms with Gasteiger partial charge in [0.05, 0.1) is 4.90 Å². The van der Waals surface area contributed by atoms with Crippen LogP contribution >= 0.6 is 23.2 Å². The van der Waals surface area contributed by atoms with E-state index in [1.54, 1.807) is 7.05 Å². The van der Waals surface area contributed by atoms with Crippen molar-refractivity contribution in [2.45, 2.75) is 31.2 Å². The molecule has 0 N–H and O–H groups in total. The van der Waals surface area contributed by atoms with Gasteiger partial charge in [-0.3, -0.25) is 0 Å². The van der Waals surface area contributed by atoms with E-state index in [4.69, 9.17) is 23.2 Å². The van der Waals surface area contributed by atoms with Gasteiger partial charge in [-0.25, -0.2) is 8.42 Å². The summed E-state index contributed by atoms with van der Waals surface area (Å²) in [5, 5.41) is 0.627. The van der Waals surface area contributed by atoms with Crippen molar-refractivity contribution in [2.24, 2.45) is 0 Å². The Bertz CT molecular complexity index is 482. The second kappa shape index (κ2) is 5.57. The van der Waals surface area contributed by atoms with Gasteiger partial charge in [0, 0.05) is 23.1 Å². The molecule has 0 aliphatic carbocycles. The Balaban J connectivity index is 3.22. The molecule has 1 atom stereocenters. The van der Waals surface area contributed by atoms with Crippen molar-refractivity contribution < 1.29 is 8.42 Å². The summed E-state index contributed by atoms with van der Waals surface area (Å²) in [5.74, 6) is 0. The van der Waals surface area contributed by atoms with Crippen LogP contribution in [0.2, 0.25) is 10.0 Å². The minimum atomic E-state index is -3.53. The molecule has 6 heteroatoms. The maximum absolute atomic E-state index is 12.2. The highest BCUT2D eigenvalue weighted by Crippen LogP contribution is 2.25.